The fourth-order valence-electron chi connectivity index (χ4n) is 2.41. The molecular formula is C17H36ClNO. The van der Waals surface area contributed by atoms with E-state index in [4.69, 9.17) is 11.6 Å². The van der Waals surface area contributed by atoms with Gasteiger partial charge in [0.15, 0.2) is 0 Å². The Morgan fingerprint density at radius 3 is 1.95 bits per heavy atom. The van der Waals surface area contributed by atoms with Crippen LogP contribution in [0.1, 0.15) is 85.0 Å². The molecule has 1 atom stereocenters. The van der Waals surface area contributed by atoms with E-state index in [1.165, 1.54) is 57.8 Å². The molecule has 0 aromatic rings. The first kappa shape index (κ1) is 20.2. The molecule has 0 rings (SSSR count). The van der Waals surface area contributed by atoms with Crippen molar-refractivity contribution in [2.24, 2.45) is 0 Å². The molecule has 0 amide bonds. The summed E-state index contributed by atoms with van der Waals surface area (Å²) in [6.07, 6.45) is 13.1. The van der Waals surface area contributed by atoms with E-state index in [9.17, 15) is 5.11 Å². The van der Waals surface area contributed by atoms with E-state index in [-0.39, 0.29) is 5.54 Å². The summed E-state index contributed by atoms with van der Waals surface area (Å²) in [5.74, 6) is 0.307. The van der Waals surface area contributed by atoms with E-state index >= 15 is 0 Å². The molecule has 0 aliphatic carbocycles. The molecule has 0 aromatic heterocycles. The van der Waals surface area contributed by atoms with Crippen molar-refractivity contribution in [1.82, 2.24) is 5.32 Å². The van der Waals surface area contributed by atoms with Gasteiger partial charge in [-0.2, -0.15) is 0 Å². The quantitative estimate of drug-likeness (QED) is 0.354. The van der Waals surface area contributed by atoms with E-state index < -0.39 is 6.10 Å². The average Bonchev–Trinajstić information content (AvgIpc) is 2.43. The lowest BCUT2D eigenvalue weighted by molar-refractivity contribution is 0.176. The van der Waals surface area contributed by atoms with E-state index in [2.05, 4.69) is 26.1 Å². The van der Waals surface area contributed by atoms with Crippen LogP contribution >= 0.6 is 11.6 Å². The van der Waals surface area contributed by atoms with Crippen LogP contribution in [0.15, 0.2) is 0 Å². The molecule has 0 saturated carbocycles. The second-order valence-electron chi connectivity index (χ2n) is 6.65. The normalized spacial score (nSPS) is 13.7. The zero-order valence-corrected chi connectivity index (χ0v) is 14.6. The number of nitrogens with one attached hydrogen (secondary N) is 1. The summed E-state index contributed by atoms with van der Waals surface area (Å²) < 4.78 is 0. The number of hydrogen-bond donors (Lipinski definition) is 2. The number of aliphatic hydroxyl groups excluding tert-OH is 1. The van der Waals surface area contributed by atoms with Crippen LogP contribution in [-0.2, 0) is 0 Å². The first-order chi connectivity index (χ1) is 9.52. The maximum Gasteiger partial charge on any atom is 0.0799 e. The van der Waals surface area contributed by atoms with Gasteiger partial charge in [0.1, 0.15) is 0 Å². The third-order valence-electron chi connectivity index (χ3n) is 3.90. The van der Waals surface area contributed by atoms with Crippen molar-refractivity contribution in [2.45, 2.75) is 96.6 Å². The molecule has 1 unspecified atom stereocenters. The molecular weight excluding hydrogens is 270 g/mol. The van der Waals surface area contributed by atoms with Gasteiger partial charge in [0, 0.05) is 18.0 Å². The molecule has 2 nitrogen and oxygen atoms in total. The standard InChI is InChI=1S/C17H36ClNO/c1-4-5-6-7-8-9-10-11-12-13-17(2,3)19-15-16(20)14-18/h16,19-20H,4-15H2,1-3H3. The Labute approximate surface area is 131 Å². The van der Waals surface area contributed by atoms with Gasteiger partial charge in [-0.1, -0.05) is 64.7 Å². The molecule has 122 valence electrons. The van der Waals surface area contributed by atoms with E-state index in [1.807, 2.05) is 0 Å². The van der Waals surface area contributed by atoms with Crippen LogP contribution in [0.4, 0.5) is 0 Å². The Hall–Kier alpha value is 0.210. The Morgan fingerprint density at radius 1 is 0.950 bits per heavy atom. The smallest absolute Gasteiger partial charge is 0.0799 e. The first-order valence-electron chi connectivity index (χ1n) is 8.51. The summed E-state index contributed by atoms with van der Waals surface area (Å²) in [7, 11) is 0. The fourth-order valence-corrected chi connectivity index (χ4v) is 2.52. The summed E-state index contributed by atoms with van der Waals surface area (Å²) in [6, 6.07) is 0. The Kier molecular flexibility index (Phi) is 13.0. The SMILES string of the molecule is CCCCCCCCCCCC(C)(C)NCC(O)CCl. The highest BCUT2D eigenvalue weighted by atomic mass is 35.5. The highest BCUT2D eigenvalue weighted by Gasteiger charge is 2.17. The van der Waals surface area contributed by atoms with Gasteiger partial charge in [0.05, 0.1) is 6.10 Å². The lowest BCUT2D eigenvalue weighted by Gasteiger charge is -2.27. The number of unbranched alkanes of at least 4 members (excludes halogenated alkanes) is 8. The van der Waals surface area contributed by atoms with Crippen molar-refractivity contribution < 1.29 is 5.11 Å². The minimum Gasteiger partial charge on any atom is -0.391 e. The minimum atomic E-state index is -0.431. The minimum absolute atomic E-state index is 0.105. The highest BCUT2D eigenvalue weighted by molar-refractivity contribution is 6.18. The number of alkyl halides is 1. The Balaban J connectivity index is 3.39. The van der Waals surface area contributed by atoms with Crippen LogP contribution < -0.4 is 5.32 Å². The molecule has 0 saturated heterocycles. The van der Waals surface area contributed by atoms with Crippen LogP contribution in [0.5, 0.6) is 0 Å². The number of hydrogen-bond acceptors (Lipinski definition) is 2. The maximum absolute atomic E-state index is 9.46. The summed E-state index contributed by atoms with van der Waals surface area (Å²) in [5, 5.41) is 12.9. The van der Waals surface area contributed by atoms with Crippen molar-refractivity contribution in [3.8, 4) is 0 Å². The van der Waals surface area contributed by atoms with Crippen LogP contribution in [0.25, 0.3) is 0 Å². The van der Waals surface area contributed by atoms with Gasteiger partial charge in [0.2, 0.25) is 0 Å². The third kappa shape index (κ3) is 13.2. The van der Waals surface area contributed by atoms with Gasteiger partial charge in [0.25, 0.3) is 0 Å². The zero-order valence-electron chi connectivity index (χ0n) is 13.9. The Morgan fingerprint density at radius 2 is 1.45 bits per heavy atom. The highest BCUT2D eigenvalue weighted by Crippen LogP contribution is 2.16. The van der Waals surface area contributed by atoms with E-state index in [1.54, 1.807) is 0 Å². The maximum atomic E-state index is 9.46. The number of rotatable bonds is 14. The molecule has 0 heterocycles. The van der Waals surface area contributed by atoms with E-state index in [0.717, 1.165) is 6.42 Å². The molecule has 0 fully saturated rings. The second-order valence-corrected chi connectivity index (χ2v) is 6.96. The Bertz CT molecular complexity index is 209. The number of halogens is 1. The topological polar surface area (TPSA) is 32.3 Å². The van der Waals surface area contributed by atoms with Gasteiger partial charge in [-0.15, -0.1) is 11.6 Å². The van der Waals surface area contributed by atoms with Crippen LogP contribution in [0, 0.1) is 0 Å². The average molecular weight is 306 g/mol. The van der Waals surface area contributed by atoms with Gasteiger partial charge in [-0.3, -0.25) is 0 Å². The molecule has 2 N–H and O–H groups in total. The van der Waals surface area contributed by atoms with Crippen LogP contribution in [0.3, 0.4) is 0 Å². The summed E-state index contributed by atoms with van der Waals surface area (Å²) in [6.45, 7) is 7.27. The second kappa shape index (κ2) is 12.9. The molecule has 0 bridgehead atoms. The predicted octanol–water partition coefficient (Wildman–Crippen LogP) is 4.88. The molecule has 20 heavy (non-hydrogen) atoms. The summed E-state index contributed by atoms with van der Waals surface area (Å²) >= 11 is 5.60. The molecule has 3 heteroatoms. The fraction of sp³-hybridized carbons (Fsp3) is 1.00. The molecule has 0 spiro atoms. The summed E-state index contributed by atoms with van der Waals surface area (Å²) in [4.78, 5) is 0. The largest absolute Gasteiger partial charge is 0.391 e. The van der Waals surface area contributed by atoms with E-state index in [0.29, 0.717) is 12.4 Å². The zero-order chi connectivity index (χ0) is 15.3. The number of aliphatic hydroxyl groups is 1. The van der Waals surface area contributed by atoms with Gasteiger partial charge in [-0.25, -0.2) is 0 Å². The monoisotopic (exact) mass is 305 g/mol. The van der Waals surface area contributed by atoms with Crippen molar-refractivity contribution in [3.63, 3.8) is 0 Å². The molecule has 0 aliphatic heterocycles. The van der Waals surface area contributed by atoms with Gasteiger partial charge >= 0.3 is 0 Å². The van der Waals surface area contributed by atoms with Crippen LogP contribution in [-0.4, -0.2) is 29.2 Å². The van der Waals surface area contributed by atoms with Gasteiger partial charge in [-0.05, 0) is 20.3 Å². The molecule has 0 aromatic carbocycles. The third-order valence-corrected chi connectivity index (χ3v) is 4.26. The molecule has 0 aliphatic rings. The first-order valence-corrected chi connectivity index (χ1v) is 9.04. The molecule has 0 radical (unpaired) electrons. The van der Waals surface area contributed by atoms with Crippen molar-refractivity contribution in [3.05, 3.63) is 0 Å². The van der Waals surface area contributed by atoms with Crippen LogP contribution in [0.2, 0.25) is 0 Å². The van der Waals surface area contributed by atoms with Crippen molar-refractivity contribution in [1.29, 1.82) is 0 Å². The lowest BCUT2D eigenvalue weighted by Crippen LogP contribution is -2.43. The lowest BCUT2D eigenvalue weighted by atomic mass is 9.95. The predicted molar refractivity (Wildman–Crippen MR) is 90.7 cm³/mol. The van der Waals surface area contributed by atoms with Crippen molar-refractivity contribution in [2.75, 3.05) is 12.4 Å². The number of β-amino-alcohol motifs (C(OH)–C–C–N with tert-alkyl or cyclic N) is 1. The van der Waals surface area contributed by atoms with Crippen molar-refractivity contribution >= 4 is 11.6 Å². The summed E-state index contributed by atoms with van der Waals surface area (Å²) in [5.41, 5.74) is 0.105. The van der Waals surface area contributed by atoms with Gasteiger partial charge < -0.3 is 10.4 Å².